The summed E-state index contributed by atoms with van der Waals surface area (Å²) >= 11 is 12.5. The Kier molecular flexibility index (Phi) is 10.8. The number of carboxylic acids is 1. The molecular formula is C28H38Cl2N2O5S. The lowest BCUT2D eigenvalue weighted by molar-refractivity contribution is -0.156. The number of piperidine rings is 1. The van der Waals surface area contributed by atoms with Gasteiger partial charge >= 0.3 is 5.97 Å². The summed E-state index contributed by atoms with van der Waals surface area (Å²) in [6, 6.07) is 5.54. The van der Waals surface area contributed by atoms with Gasteiger partial charge in [-0.2, -0.15) is 0 Å². The molecule has 3 N–H and O–H groups in total. The molecule has 0 aliphatic carbocycles. The number of nitrogens with two attached hydrogens (primary N) is 1. The van der Waals surface area contributed by atoms with Crippen LogP contribution in [0.3, 0.4) is 0 Å². The van der Waals surface area contributed by atoms with E-state index in [1.807, 2.05) is 13.8 Å². The van der Waals surface area contributed by atoms with E-state index in [1.165, 1.54) is 4.90 Å². The highest BCUT2D eigenvalue weighted by molar-refractivity contribution is 7.92. The van der Waals surface area contributed by atoms with Gasteiger partial charge in [-0.05, 0) is 62.5 Å². The number of hydrogen-bond donors (Lipinski definition) is 2. The molecule has 10 heteroatoms. The van der Waals surface area contributed by atoms with Crippen molar-refractivity contribution < 1.29 is 23.1 Å². The predicted octanol–water partition coefficient (Wildman–Crippen LogP) is 5.50. The van der Waals surface area contributed by atoms with Gasteiger partial charge in [0.05, 0.1) is 23.5 Å². The van der Waals surface area contributed by atoms with E-state index in [0.29, 0.717) is 21.2 Å². The molecule has 2 rings (SSSR count). The number of nitrogens with zero attached hydrogens (tertiary/aromatic N) is 1. The third-order valence-corrected chi connectivity index (χ3v) is 9.56. The Morgan fingerprint density at radius 1 is 1.26 bits per heavy atom. The van der Waals surface area contributed by atoms with Crippen molar-refractivity contribution in [2.24, 2.45) is 17.6 Å². The van der Waals surface area contributed by atoms with Crippen LogP contribution in [0.15, 0.2) is 59.7 Å². The van der Waals surface area contributed by atoms with Crippen molar-refractivity contribution in [1.29, 1.82) is 0 Å². The second-order valence-corrected chi connectivity index (χ2v) is 14.2. The first kappa shape index (κ1) is 32.1. The number of halogens is 2. The molecule has 4 atom stereocenters. The zero-order valence-electron chi connectivity index (χ0n) is 22.5. The highest BCUT2D eigenvalue weighted by atomic mass is 35.5. The second-order valence-electron chi connectivity index (χ2n) is 10.6. The lowest BCUT2D eigenvalue weighted by Crippen LogP contribution is -2.66. The second kappa shape index (κ2) is 12.8. The summed E-state index contributed by atoms with van der Waals surface area (Å²) in [5.41, 5.74) is 6.26. The molecule has 1 aromatic carbocycles. The molecule has 38 heavy (non-hydrogen) atoms. The van der Waals surface area contributed by atoms with E-state index < -0.39 is 56.9 Å². The molecular weight excluding hydrogens is 547 g/mol. The molecule has 210 valence electrons. The van der Waals surface area contributed by atoms with Crippen LogP contribution in [0.4, 0.5) is 0 Å². The van der Waals surface area contributed by atoms with Crippen LogP contribution in [0, 0.1) is 11.8 Å². The Balaban J connectivity index is 2.94. The maximum Gasteiger partial charge on any atom is 0.305 e. The molecule has 1 aliphatic heterocycles. The van der Waals surface area contributed by atoms with Gasteiger partial charge in [0.1, 0.15) is 5.54 Å². The lowest BCUT2D eigenvalue weighted by atomic mass is 9.70. The van der Waals surface area contributed by atoms with Crippen molar-refractivity contribution in [2.75, 3.05) is 5.75 Å². The monoisotopic (exact) mass is 584 g/mol. The van der Waals surface area contributed by atoms with Gasteiger partial charge in [-0.25, -0.2) is 8.42 Å². The Bertz CT molecular complexity index is 1200. The van der Waals surface area contributed by atoms with Crippen molar-refractivity contribution in [3.05, 3.63) is 70.3 Å². The van der Waals surface area contributed by atoms with Crippen LogP contribution in [0.25, 0.3) is 0 Å². The number of likely N-dealkylation sites (tertiary alicyclic amines) is 1. The minimum Gasteiger partial charge on any atom is -0.481 e. The molecule has 7 nitrogen and oxygen atoms in total. The van der Waals surface area contributed by atoms with Crippen molar-refractivity contribution in [2.45, 2.75) is 70.3 Å². The molecule has 0 aromatic heterocycles. The topological polar surface area (TPSA) is 118 Å². The summed E-state index contributed by atoms with van der Waals surface area (Å²) < 4.78 is 26.3. The van der Waals surface area contributed by atoms with Gasteiger partial charge < -0.3 is 15.7 Å². The van der Waals surface area contributed by atoms with E-state index in [-0.39, 0.29) is 18.1 Å². The minimum atomic E-state index is -3.59. The molecule has 1 aromatic rings. The molecule has 0 radical (unpaired) electrons. The average molecular weight is 586 g/mol. The smallest absolute Gasteiger partial charge is 0.305 e. The van der Waals surface area contributed by atoms with Gasteiger partial charge in [-0.3, -0.25) is 9.59 Å². The van der Waals surface area contributed by atoms with Gasteiger partial charge in [0.2, 0.25) is 5.91 Å². The van der Waals surface area contributed by atoms with Crippen LogP contribution in [-0.2, 0) is 19.4 Å². The SMILES string of the molecule is C=C/C=C(\C=C(/C)Cl)[C@H]1C[C@](N)(CC(=O)O)C(=O)N([C@H](CS(=O)(=O)C(C)C)C(C)C)C1c1ccc(Cl)cc1. The van der Waals surface area contributed by atoms with Crippen LogP contribution < -0.4 is 5.73 Å². The van der Waals surface area contributed by atoms with E-state index in [4.69, 9.17) is 28.9 Å². The molecule has 1 heterocycles. The number of amides is 1. The summed E-state index contributed by atoms with van der Waals surface area (Å²) in [7, 11) is -3.59. The molecule has 0 spiro atoms. The Labute approximate surface area is 236 Å². The quantitative estimate of drug-likeness (QED) is 0.331. The molecule has 1 unspecified atom stereocenters. The predicted molar refractivity (Wildman–Crippen MR) is 154 cm³/mol. The molecule has 1 amide bonds. The Morgan fingerprint density at radius 3 is 2.29 bits per heavy atom. The van der Waals surface area contributed by atoms with E-state index in [0.717, 1.165) is 0 Å². The van der Waals surface area contributed by atoms with E-state index in [9.17, 15) is 23.1 Å². The number of aliphatic carboxylic acids is 1. The van der Waals surface area contributed by atoms with E-state index >= 15 is 0 Å². The standard InChI is InChI=1S/C28H38Cl2N2O5S/c1-7-8-21(13-19(6)29)23-14-28(31,15-25(33)34)27(35)32(26(23)20-9-11-22(30)12-10-20)24(17(2)3)16-38(36,37)18(4)5/h7-13,17-18,23-24,26H,1,14-16,31H2,2-6H3,(H,33,34)/b19-13+,21-8+/t23-,24-,26?,28+/m1/s1. The van der Waals surface area contributed by atoms with Crippen molar-refractivity contribution in [1.82, 2.24) is 4.90 Å². The zero-order chi connectivity index (χ0) is 29.0. The highest BCUT2D eigenvalue weighted by Gasteiger charge is 2.54. The maximum atomic E-state index is 14.2. The van der Waals surface area contributed by atoms with E-state index in [1.54, 1.807) is 63.3 Å². The summed E-state index contributed by atoms with van der Waals surface area (Å²) in [4.78, 5) is 27.6. The minimum absolute atomic E-state index is 0.00398. The van der Waals surface area contributed by atoms with Crippen LogP contribution in [0.1, 0.15) is 59.1 Å². The number of hydrogen-bond acceptors (Lipinski definition) is 5. The molecule has 0 bridgehead atoms. The maximum absolute atomic E-state index is 14.2. The first-order valence-electron chi connectivity index (χ1n) is 12.5. The van der Waals surface area contributed by atoms with Crippen molar-refractivity contribution >= 4 is 44.9 Å². The fourth-order valence-electron chi connectivity index (χ4n) is 4.97. The third-order valence-electron chi connectivity index (χ3n) is 6.96. The van der Waals surface area contributed by atoms with Crippen molar-refractivity contribution in [3.63, 3.8) is 0 Å². The van der Waals surface area contributed by atoms with Gasteiger partial charge in [-0.1, -0.05) is 67.9 Å². The van der Waals surface area contributed by atoms with Crippen LogP contribution in [-0.4, -0.2) is 52.9 Å². The highest BCUT2D eigenvalue weighted by Crippen LogP contribution is 2.47. The first-order valence-corrected chi connectivity index (χ1v) is 15.0. The van der Waals surface area contributed by atoms with Gasteiger partial charge in [0.15, 0.2) is 9.84 Å². The molecule has 0 saturated carbocycles. The number of rotatable bonds is 11. The number of carbonyl (C=O) groups is 2. The van der Waals surface area contributed by atoms with Crippen LogP contribution >= 0.6 is 23.2 Å². The van der Waals surface area contributed by atoms with Gasteiger partial charge in [0.25, 0.3) is 0 Å². The Morgan fingerprint density at radius 2 is 1.84 bits per heavy atom. The van der Waals surface area contributed by atoms with Crippen molar-refractivity contribution in [3.8, 4) is 0 Å². The lowest BCUT2D eigenvalue weighted by Gasteiger charge is -2.52. The zero-order valence-corrected chi connectivity index (χ0v) is 24.9. The fourth-order valence-corrected chi connectivity index (χ4v) is 6.62. The summed E-state index contributed by atoms with van der Waals surface area (Å²) in [5.74, 6) is -2.92. The normalized spacial score (nSPS) is 24.2. The number of allylic oxidation sites excluding steroid dienone is 4. The van der Waals surface area contributed by atoms with Crippen LogP contribution in [0.2, 0.25) is 5.02 Å². The fraction of sp³-hybridized carbons (Fsp3) is 0.500. The largest absolute Gasteiger partial charge is 0.481 e. The number of sulfone groups is 1. The number of benzene rings is 1. The van der Waals surface area contributed by atoms with Gasteiger partial charge in [0, 0.05) is 22.0 Å². The summed E-state index contributed by atoms with van der Waals surface area (Å²) in [6.45, 7) is 12.4. The summed E-state index contributed by atoms with van der Waals surface area (Å²) in [6.07, 6.45) is 4.47. The first-order chi connectivity index (χ1) is 17.5. The molecule has 1 aliphatic rings. The average Bonchev–Trinajstić information content (AvgIpc) is 2.78. The number of carbonyl (C=O) groups excluding carboxylic acids is 1. The van der Waals surface area contributed by atoms with E-state index in [2.05, 4.69) is 6.58 Å². The molecule has 1 fully saturated rings. The third kappa shape index (κ3) is 7.50. The molecule has 1 saturated heterocycles. The number of carboxylic acid groups (broad SMARTS) is 1. The van der Waals surface area contributed by atoms with Gasteiger partial charge in [-0.15, -0.1) is 0 Å². The summed E-state index contributed by atoms with van der Waals surface area (Å²) in [5, 5.41) is 10.0. The van der Waals surface area contributed by atoms with Crippen LogP contribution in [0.5, 0.6) is 0 Å². The Hall–Kier alpha value is -2.13.